The van der Waals surface area contributed by atoms with Crippen LogP contribution in [0.3, 0.4) is 0 Å². The van der Waals surface area contributed by atoms with Gasteiger partial charge in [0, 0.05) is 18.3 Å². The van der Waals surface area contributed by atoms with Crippen LogP contribution in [0.2, 0.25) is 0 Å². The molecule has 0 heterocycles. The quantitative estimate of drug-likeness (QED) is 0.611. The lowest BCUT2D eigenvalue weighted by molar-refractivity contribution is -0.122. The van der Waals surface area contributed by atoms with Crippen LogP contribution < -0.4 is 21.3 Å². The summed E-state index contributed by atoms with van der Waals surface area (Å²) in [6.45, 7) is 7.03. The summed E-state index contributed by atoms with van der Waals surface area (Å²) in [6.07, 6.45) is 0. The molecule has 6 heteroatoms. The van der Waals surface area contributed by atoms with Gasteiger partial charge in [-0.3, -0.25) is 4.79 Å². The summed E-state index contributed by atoms with van der Waals surface area (Å²) in [7, 11) is 0. The van der Waals surface area contributed by atoms with Crippen molar-refractivity contribution in [2.24, 2.45) is 0 Å². The Morgan fingerprint density at radius 2 is 1.81 bits per heavy atom. The average Bonchev–Trinajstić information content (AvgIpc) is 2.45. The lowest BCUT2D eigenvalue weighted by Gasteiger charge is -2.17. The Labute approximate surface area is 125 Å². The van der Waals surface area contributed by atoms with Crippen LogP contribution in [0.15, 0.2) is 30.3 Å². The highest BCUT2D eigenvalue weighted by atomic mass is 16.2. The van der Waals surface area contributed by atoms with Crippen molar-refractivity contribution >= 4 is 17.6 Å². The molecule has 0 fully saturated rings. The standard InChI is InChI=1S/C15H24N4O2/c1-4-16-11(2)10-17-14(20)12(3)18-15(21)19-13-8-6-5-7-9-13/h5-9,11-12,16H,4,10H2,1-3H3,(H,17,20)(H2,18,19,21)/t11-,12?/m1/s1. The number of urea groups is 1. The van der Waals surface area contributed by atoms with Crippen LogP contribution in [-0.4, -0.2) is 37.1 Å². The van der Waals surface area contributed by atoms with Gasteiger partial charge < -0.3 is 21.3 Å². The molecule has 3 amide bonds. The second-order valence-electron chi connectivity index (χ2n) is 4.89. The van der Waals surface area contributed by atoms with Gasteiger partial charge in [-0.2, -0.15) is 0 Å². The van der Waals surface area contributed by atoms with E-state index in [2.05, 4.69) is 21.3 Å². The van der Waals surface area contributed by atoms with Gasteiger partial charge in [-0.05, 0) is 32.5 Å². The van der Waals surface area contributed by atoms with Gasteiger partial charge in [-0.15, -0.1) is 0 Å². The highest BCUT2D eigenvalue weighted by Gasteiger charge is 2.15. The van der Waals surface area contributed by atoms with Gasteiger partial charge >= 0.3 is 6.03 Å². The van der Waals surface area contributed by atoms with Crippen LogP contribution in [-0.2, 0) is 4.79 Å². The Hall–Kier alpha value is -2.08. The zero-order valence-electron chi connectivity index (χ0n) is 12.8. The molecule has 1 aromatic carbocycles. The molecular weight excluding hydrogens is 268 g/mol. The van der Waals surface area contributed by atoms with Crippen LogP contribution in [0.5, 0.6) is 0 Å². The van der Waals surface area contributed by atoms with E-state index in [-0.39, 0.29) is 11.9 Å². The van der Waals surface area contributed by atoms with E-state index in [0.717, 1.165) is 6.54 Å². The molecule has 0 aliphatic carbocycles. The number of hydrogen-bond donors (Lipinski definition) is 4. The first kappa shape index (κ1) is 17.0. The molecule has 0 saturated heterocycles. The molecule has 1 aromatic rings. The first-order chi connectivity index (χ1) is 10.0. The summed E-state index contributed by atoms with van der Waals surface area (Å²) in [4.78, 5) is 23.6. The Balaban J connectivity index is 2.33. The van der Waals surface area contributed by atoms with Gasteiger partial charge in [0.1, 0.15) is 6.04 Å². The average molecular weight is 292 g/mol. The number of carbonyl (C=O) groups is 2. The van der Waals surface area contributed by atoms with E-state index >= 15 is 0 Å². The highest BCUT2D eigenvalue weighted by molar-refractivity contribution is 5.93. The zero-order valence-corrected chi connectivity index (χ0v) is 12.8. The molecular formula is C15H24N4O2. The fourth-order valence-corrected chi connectivity index (χ4v) is 1.78. The molecule has 4 N–H and O–H groups in total. The maximum atomic E-state index is 11.9. The molecule has 2 atom stereocenters. The van der Waals surface area contributed by atoms with Crippen molar-refractivity contribution in [3.8, 4) is 0 Å². The number of hydrogen-bond acceptors (Lipinski definition) is 3. The molecule has 0 saturated carbocycles. The third-order valence-electron chi connectivity index (χ3n) is 2.91. The Bertz CT molecular complexity index is 450. The van der Waals surface area contributed by atoms with Crippen molar-refractivity contribution in [1.29, 1.82) is 0 Å². The monoisotopic (exact) mass is 292 g/mol. The lowest BCUT2D eigenvalue weighted by atomic mass is 10.3. The van der Waals surface area contributed by atoms with E-state index in [0.29, 0.717) is 12.2 Å². The number of anilines is 1. The summed E-state index contributed by atoms with van der Waals surface area (Å²) in [5, 5.41) is 11.3. The summed E-state index contributed by atoms with van der Waals surface area (Å²) in [5.74, 6) is -0.206. The molecule has 1 rings (SSSR count). The van der Waals surface area contributed by atoms with Crippen LogP contribution in [0, 0.1) is 0 Å². The Kier molecular flexibility index (Phi) is 7.25. The molecule has 0 radical (unpaired) electrons. The van der Waals surface area contributed by atoms with Gasteiger partial charge in [0.05, 0.1) is 0 Å². The van der Waals surface area contributed by atoms with Gasteiger partial charge in [0.25, 0.3) is 0 Å². The SMILES string of the molecule is CCN[C@H](C)CNC(=O)C(C)NC(=O)Nc1ccccc1. The summed E-state index contributed by atoms with van der Waals surface area (Å²) >= 11 is 0. The minimum Gasteiger partial charge on any atom is -0.353 e. The van der Waals surface area contributed by atoms with Crippen LogP contribution in [0.1, 0.15) is 20.8 Å². The van der Waals surface area contributed by atoms with Crippen LogP contribution in [0.4, 0.5) is 10.5 Å². The zero-order chi connectivity index (χ0) is 15.7. The topological polar surface area (TPSA) is 82.3 Å². The Morgan fingerprint density at radius 1 is 1.14 bits per heavy atom. The number of likely N-dealkylation sites (N-methyl/N-ethyl adjacent to an activating group) is 1. The fourth-order valence-electron chi connectivity index (χ4n) is 1.78. The molecule has 116 valence electrons. The third-order valence-corrected chi connectivity index (χ3v) is 2.91. The van der Waals surface area contributed by atoms with Gasteiger partial charge in [0.15, 0.2) is 0 Å². The number of carbonyl (C=O) groups excluding carboxylic acids is 2. The molecule has 21 heavy (non-hydrogen) atoms. The molecule has 0 aliphatic rings. The molecule has 1 unspecified atom stereocenters. The predicted octanol–water partition coefficient (Wildman–Crippen LogP) is 1.31. The predicted molar refractivity (Wildman–Crippen MR) is 84.2 cm³/mol. The highest BCUT2D eigenvalue weighted by Crippen LogP contribution is 2.04. The van der Waals surface area contributed by atoms with Crippen molar-refractivity contribution in [1.82, 2.24) is 16.0 Å². The van der Waals surface area contributed by atoms with Gasteiger partial charge in [-0.25, -0.2) is 4.79 Å². The number of benzene rings is 1. The lowest BCUT2D eigenvalue weighted by Crippen LogP contribution is -2.49. The molecule has 0 spiro atoms. The van der Waals surface area contributed by atoms with E-state index in [9.17, 15) is 9.59 Å². The van der Waals surface area contributed by atoms with E-state index in [4.69, 9.17) is 0 Å². The third kappa shape index (κ3) is 6.76. The minimum atomic E-state index is -0.595. The van der Waals surface area contributed by atoms with E-state index < -0.39 is 12.1 Å². The first-order valence-corrected chi connectivity index (χ1v) is 7.16. The van der Waals surface area contributed by atoms with Gasteiger partial charge in [0.2, 0.25) is 5.91 Å². The molecule has 0 bridgehead atoms. The second kappa shape index (κ2) is 8.97. The minimum absolute atomic E-state index is 0.198. The van der Waals surface area contributed by atoms with E-state index in [1.807, 2.05) is 32.0 Å². The van der Waals surface area contributed by atoms with Crippen LogP contribution in [0.25, 0.3) is 0 Å². The largest absolute Gasteiger partial charge is 0.353 e. The van der Waals surface area contributed by atoms with Crippen LogP contribution >= 0.6 is 0 Å². The van der Waals surface area contributed by atoms with E-state index in [1.54, 1.807) is 19.1 Å². The van der Waals surface area contributed by atoms with E-state index in [1.165, 1.54) is 0 Å². The number of amides is 3. The molecule has 6 nitrogen and oxygen atoms in total. The molecule has 0 aliphatic heterocycles. The maximum Gasteiger partial charge on any atom is 0.319 e. The fraction of sp³-hybridized carbons (Fsp3) is 0.467. The maximum absolute atomic E-state index is 11.9. The van der Waals surface area contributed by atoms with Gasteiger partial charge in [-0.1, -0.05) is 25.1 Å². The number of para-hydroxylation sites is 1. The van der Waals surface area contributed by atoms with Crippen molar-refractivity contribution in [2.45, 2.75) is 32.9 Å². The van der Waals surface area contributed by atoms with Crippen molar-refractivity contribution in [2.75, 3.05) is 18.4 Å². The van der Waals surface area contributed by atoms with Crippen molar-refractivity contribution in [3.63, 3.8) is 0 Å². The molecule has 0 aromatic heterocycles. The summed E-state index contributed by atoms with van der Waals surface area (Å²) in [6, 6.07) is 8.28. The second-order valence-corrected chi connectivity index (χ2v) is 4.89. The van der Waals surface area contributed by atoms with Crippen molar-refractivity contribution in [3.05, 3.63) is 30.3 Å². The normalized spacial score (nSPS) is 13.1. The Morgan fingerprint density at radius 3 is 2.43 bits per heavy atom. The summed E-state index contributed by atoms with van der Waals surface area (Å²) in [5.41, 5.74) is 0.684. The van der Waals surface area contributed by atoms with Crippen molar-refractivity contribution < 1.29 is 9.59 Å². The first-order valence-electron chi connectivity index (χ1n) is 7.16. The number of rotatable bonds is 7. The smallest absolute Gasteiger partial charge is 0.319 e. The number of nitrogens with one attached hydrogen (secondary N) is 4. The summed E-state index contributed by atoms with van der Waals surface area (Å²) < 4.78 is 0.